The molecule has 2 nitrogen and oxygen atoms in total. The summed E-state index contributed by atoms with van der Waals surface area (Å²) in [5, 5.41) is 6.36. The van der Waals surface area contributed by atoms with Crippen molar-refractivity contribution in [1.82, 2.24) is 0 Å². The largest absolute Gasteiger partial charge is 0.375 e. The Hall–Kier alpha value is -0.510. The van der Waals surface area contributed by atoms with Crippen molar-refractivity contribution in [3.63, 3.8) is 0 Å². The lowest BCUT2D eigenvalue weighted by molar-refractivity contribution is 0.627. The molecule has 4 heteroatoms. The summed E-state index contributed by atoms with van der Waals surface area (Å²) in [5.74, 6) is -0.918. The lowest BCUT2D eigenvalue weighted by atomic mass is 10.6. The smallest absolute Gasteiger partial charge is 0.199 e. The first kappa shape index (κ1) is 6.49. The summed E-state index contributed by atoms with van der Waals surface area (Å²) in [6.07, 6.45) is 0.735. The van der Waals surface area contributed by atoms with Crippen molar-refractivity contribution in [3.05, 3.63) is 10.9 Å². The molecule has 0 aliphatic heterocycles. The minimum Gasteiger partial charge on any atom is -0.375 e. The first-order valence-corrected chi connectivity index (χ1v) is 1.98. The molecule has 0 unspecified atom stereocenters. The van der Waals surface area contributed by atoms with Crippen molar-refractivity contribution in [2.75, 3.05) is 0 Å². The fourth-order valence-corrected chi connectivity index (χ4v) is 0.0689. The molecule has 3 N–H and O–H groups in total. The molecule has 0 radical (unpaired) electrons. The highest BCUT2D eigenvalue weighted by Gasteiger charge is 1.87. The normalized spacial score (nSPS) is 12.9. The van der Waals surface area contributed by atoms with Crippen LogP contribution >= 0.6 is 12.6 Å². The SMILES string of the molecule is N=C/C(S)=C(\N)F. The molecule has 0 aliphatic rings. The van der Waals surface area contributed by atoms with Gasteiger partial charge in [-0.05, 0) is 0 Å². The van der Waals surface area contributed by atoms with Crippen LogP contribution in [-0.2, 0) is 0 Å². The van der Waals surface area contributed by atoms with Gasteiger partial charge in [0.15, 0.2) is 5.95 Å². The van der Waals surface area contributed by atoms with Gasteiger partial charge in [0, 0.05) is 6.21 Å². The van der Waals surface area contributed by atoms with Crippen LogP contribution in [0.5, 0.6) is 0 Å². The summed E-state index contributed by atoms with van der Waals surface area (Å²) in [5.41, 5.74) is 4.53. The van der Waals surface area contributed by atoms with Crippen LogP contribution in [0.2, 0.25) is 0 Å². The van der Waals surface area contributed by atoms with E-state index in [9.17, 15) is 4.39 Å². The summed E-state index contributed by atoms with van der Waals surface area (Å²) in [6, 6.07) is 0. The van der Waals surface area contributed by atoms with Gasteiger partial charge in [-0.1, -0.05) is 0 Å². The third-order valence-electron chi connectivity index (χ3n) is 0.381. The summed E-state index contributed by atoms with van der Waals surface area (Å²) in [4.78, 5) is -0.139. The minimum absolute atomic E-state index is 0.139. The molecule has 40 valence electrons. The molecule has 0 rings (SSSR count). The molecule has 0 fully saturated rings. The van der Waals surface area contributed by atoms with Gasteiger partial charge >= 0.3 is 0 Å². The minimum atomic E-state index is -0.918. The summed E-state index contributed by atoms with van der Waals surface area (Å²) in [7, 11) is 0. The van der Waals surface area contributed by atoms with E-state index in [-0.39, 0.29) is 4.91 Å². The molecule has 0 saturated heterocycles. The summed E-state index contributed by atoms with van der Waals surface area (Å²) >= 11 is 3.46. The average Bonchev–Trinajstić information content (AvgIpc) is 1.65. The maximum absolute atomic E-state index is 11.5. The Morgan fingerprint density at radius 3 is 2.29 bits per heavy atom. The summed E-state index contributed by atoms with van der Waals surface area (Å²) < 4.78 is 11.5. The molecule has 0 bridgehead atoms. The van der Waals surface area contributed by atoms with Crippen LogP contribution in [0.4, 0.5) is 4.39 Å². The van der Waals surface area contributed by atoms with Crippen molar-refractivity contribution >= 4 is 18.8 Å². The van der Waals surface area contributed by atoms with Gasteiger partial charge in [0.05, 0.1) is 4.91 Å². The molecule has 0 amide bonds. The van der Waals surface area contributed by atoms with E-state index in [4.69, 9.17) is 5.41 Å². The van der Waals surface area contributed by atoms with E-state index in [0.29, 0.717) is 0 Å². The average molecular weight is 120 g/mol. The van der Waals surface area contributed by atoms with Crippen LogP contribution < -0.4 is 5.73 Å². The molecule has 7 heavy (non-hydrogen) atoms. The number of rotatable bonds is 1. The lowest BCUT2D eigenvalue weighted by Crippen LogP contribution is -1.91. The van der Waals surface area contributed by atoms with E-state index >= 15 is 0 Å². The van der Waals surface area contributed by atoms with Crippen molar-refractivity contribution in [2.45, 2.75) is 0 Å². The van der Waals surface area contributed by atoms with E-state index in [0.717, 1.165) is 6.21 Å². The predicted molar refractivity (Wildman–Crippen MR) is 30.1 cm³/mol. The lowest BCUT2D eigenvalue weighted by Gasteiger charge is -1.83. The zero-order valence-corrected chi connectivity index (χ0v) is 4.37. The molecule has 0 aromatic rings. The van der Waals surface area contributed by atoms with Crippen LogP contribution in [0, 0.1) is 5.41 Å². The molecule has 0 aromatic carbocycles. The Kier molecular flexibility index (Phi) is 2.44. The highest BCUT2D eigenvalue weighted by molar-refractivity contribution is 7.85. The van der Waals surface area contributed by atoms with E-state index in [1.807, 2.05) is 0 Å². The standard InChI is InChI=1S/C3H5FN2S/c4-3(6)2(7)1-5/h1,5,7H,6H2/b3-2+,5-1?. The first-order valence-electron chi connectivity index (χ1n) is 1.53. The number of nitrogens with one attached hydrogen (secondary N) is 1. The van der Waals surface area contributed by atoms with Gasteiger partial charge in [-0.3, -0.25) is 0 Å². The van der Waals surface area contributed by atoms with E-state index in [1.165, 1.54) is 0 Å². The van der Waals surface area contributed by atoms with Crippen molar-refractivity contribution in [3.8, 4) is 0 Å². The number of nitrogens with two attached hydrogens (primary N) is 1. The maximum Gasteiger partial charge on any atom is 0.199 e. The van der Waals surface area contributed by atoms with Gasteiger partial charge < -0.3 is 11.1 Å². The van der Waals surface area contributed by atoms with E-state index in [1.54, 1.807) is 0 Å². The number of hydrogen-bond acceptors (Lipinski definition) is 3. The Morgan fingerprint density at radius 1 is 1.86 bits per heavy atom. The third-order valence-corrected chi connectivity index (χ3v) is 0.724. The van der Waals surface area contributed by atoms with Crippen LogP contribution in [0.15, 0.2) is 10.9 Å². The van der Waals surface area contributed by atoms with Crippen LogP contribution in [0.25, 0.3) is 0 Å². The molecule has 0 atom stereocenters. The first-order chi connectivity index (χ1) is 3.18. The topological polar surface area (TPSA) is 49.9 Å². The second kappa shape index (κ2) is 2.63. The molecular formula is C3H5FN2S. The second-order valence-corrected chi connectivity index (χ2v) is 1.36. The highest BCUT2D eigenvalue weighted by atomic mass is 32.1. The Balaban J connectivity index is 3.98. The number of allylic oxidation sites excluding steroid dienone is 1. The number of hydrogen-bond donors (Lipinski definition) is 3. The van der Waals surface area contributed by atoms with Gasteiger partial charge in [0.25, 0.3) is 0 Å². The van der Waals surface area contributed by atoms with Crippen LogP contribution in [-0.4, -0.2) is 6.21 Å². The van der Waals surface area contributed by atoms with Crippen molar-refractivity contribution in [2.24, 2.45) is 5.73 Å². The van der Waals surface area contributed by atoms with Gasteiger partial charge in [0.2, 0.25) is 0 Å². The molecular weight excluding hydrogens is 115 g/mol. The number of halogens is 1. The fourth-order valence-electron chi connectivity index (χ4n) is 0.0689. The molecule has 0 spiro atoms. The predicted octanol–water partition coefficient (Wildman–Crippen LogP) is 0.663. The molecule has 0 saturated carbocycles. The van der Waals surface area contributed by atoms with E-state index < -0.39 is 5.95 Å². The van der Waals surface area contributed by atoms with Gasteiger partial charge in [-0.25, -0.2) is 0 Å². The second-order valence-electron chi connectivity index (χ2n) is 0.878. The Morgan fingerprint density at radius 2 is 2.29 bits per heavy atom. The molecule has 0 aromatic heterocycles. The zero-order chi connectivity index (χ0) is 5.86. The molecule has 0 heterocycles. The van der Waals surface area contributed by atoms with E-state index in [2.05, 4.69) is 18.4 Å². The third kappa shape index (κ3) is 2.22. The Bertz CT molecular complexity index is 106. The van der Waals surface area contributed by atoms with Crippen molar-refractivity contribution in [1.29, 1.82) is 5.41 Å². The fraction of sp³-hybridized carbons (Fsp3) is 0. The zero-order valence-electron chi connectivity index (χ0n) is 3.48. The monoisotopic (exact) mass is 120 g/mol. The van der Waals surface area contributed by atoms with Gasteiger partial charge in [-0.2, -0.15) is 4.39 Å². The quantitative estimate of drug-likeness (QED) is 0.266. The highest BCUT2D eigenvalue weighted by Crippen LogP contribution is 1.99. The Labute approximate surface area is 46.1 Å². The summed E-state index contributed by atoms with van der Waals surface area (Å²) in [6.45, 7) is 0. The maximum atomic E-state index is 11.5. The van der Waals surface area contributed by atoms with Gasteiger partial charge in [0.1, 0.15) is 0 Å². The van der Waals surface area contributed by atoms with Gasteiger partial charge in [-0.15, -0.1) is 12.6 Å². The van der Waals surface area contributed by atoms with Crippen LogP contribution in [0.3, 0.4) is 0 Å². The van der Waals surface area contributed by atoms with Crippen molar-refractivity contribution < 1.29 is 4.39 Å². The van der Waals surface area contributed by atoms with Crippen LogP contribution in [0.1, 0.15) is 0 Å². The number of thiol groups is 1. The molecule has 0 aliphatic carbocycles.